The summed E-state index contributed by atoms with van der Waals surface area (Å²) in [7, 11) is 1.65. The van der Waals surface area contributed by atoms with E-state index in [2.05, 4.69) is 16.7 Å². The largest absolute Gasteiger partial charge is 0.504 e. The summed E-state index contributed by atoms with van der Waals surface area (Å²) in [6.07, 6.45) is 1.86. The van der Waals surface area contributed by atoms with Gasteiger partial charge in [0.15, 0.2) is 11.5 Å². The summed E-state index contributed by atoms with van der Waals surface area (Å²) in [5.74, 6) is 1.39. The van der Waals surface area contributed by atoms with Crippen LogP contribution in [0.1, 0.15) is 35.8 Å². The average Bonchev–Trinajstić information content (AvgIpc) is 2.81. The number of phenols is 1. The van der Waals surface area contributed by atoms with Gasteiger partial charge in [-0.25, -0.2) is 0 Å². The van der Waals surface area contributed by atoms with Gasteiger partial charge in [0.2, 0.25) is 0 Å². The Morgan fingerprint density at radius 3 is 2.55 bits per heavy atom. The fourth-order valence-electron chi connectivity index (χ4n) is 3.69. The van der Waals surface area contributed by atoms with Gasteiger partial charge in [-0.3, -0.25) is 5.32 Å². The summed E-state index contributed by atoms with van der Waals surface area (Å²) in [5.41, 5.74) is 3.70. The topological polar surface area (TPSA) is 62.8 Å². The maximum absolute atomic E-state index is 10.9. The minimum absolute atomic E-state index is 0.139. The first kappa shape index (κ1) is 21.1. The summed E-state index contributed by atoms with van der Waals surface area (Å²) >= 11 is 6.09. The smallest absolute Gasteiger partial charge is 0.162 e. The molecule has 3 aromatic rings. The highest BCUT2D eigenvalue weighted by Gasteiger charge is 2.26. The van der Waals surface area contributed by atoms with Crippen LogP contribution in [0.15, 0.2) is 72.8 Å². The van der Waals surface area contributed by atoms with Crippen LogP contribution in [-0.4, -0.2) is 18.8 Å². The van der Waals surface area contributed by atoms with Crippen molar-refractivity contribution in [1.82, 2.24) is 10.6 Å². The monoisotopic (exact) mass is 436 g/mol. The molecule has 6 heteroatoms. The molecule has 2 unspecified atom stereocenters. The Labute approximate surface area is 187 Å². The molecule has 3 aromatic carbocycles. The van der Waals surface area contributed by atoms with Crippen LogP contribution in [0.2, 0.25) is 5.02 Å². The van der Waals surface area contributed by atoms with Crippen LogP contribution in [0, 0.1) is 0 Å². The summed E-state index contributed by atoms with van der Waals surface area (Å²) in [4.78, 5) is 0. The van der Waals surface area contributed by atoms with Gasteiger partial charge in [-0.1, -0.05) is 48.0 Å². The molecule has 2 atom stereocenters. The van der Waals surface area contributed by atoms with Gasteiger partial charge in [0, 0.05) is 16.3 Å². The van der Waals surface area contributed by atoms with Crippen LogP contribution in [0.5, 0.6) is 17.2 Å². The molecule has 0 fully saturated rings. The molecule has 3 N–H and O–H groups in total. The van der Waals surface area contributed by atoms with E-state index in [9.17, 15) is 5.11 Å². The van der Waals surface area contributed by atoms with Crippen molar-refractivity contribution in [3.8, 4) is 17.2 Å². The van der Waals surface area contributed by atoms with Crippen molar-refractivity contribution in [1.29, 1.82) is 0 Å². The lowest BCUT2D eigenvalue weighted by Crippen LogP contribution is -2.39. The van der Waals surface area contributed by atoms with Crippen LogP contribution < -0.4 is 20.1 Å². The first-order valence-electron chi connectivity index (χ1n) is 10.2. The second-order valence-corrected chi connectivity index (χ2v) is 7.65. The number of aromatic hydroxyl groups is 1. The van der Waals surface area contributed by atoms with Crippen molar-refractivity contribution in [3.05, 3.63) is 94.5 Å². The number of hydrogen-bond acceptors (Lipinski definition) is 5. The van der Waals surface area contributed by atoms with E-state index in [4.69, 9.17) is 21.1 Å². The van der Waals surface area contributed by atoms with Gasteiger partial charge in [0.1, 0.15) is 11.9 Å². The number of benzene rings is 3. The molecule has 4 rings (SSSR count). The number of rotatable bonds is 6. The highest BCUT2D eigenvalue weighted by Crippen LogP contribution is 2.38. The third-order valence-corrected chi connectivity index (χ3v) is 5.48. The van der Waals surface area contributed by atoms with Crippen LogP contribution in [0.3, 0.4) is 0 Å². The van der Waals surface area contributed by atoms with Gasteiger partial charge in [0.25, 0.3) is 0 Å². The molecular weight excluding hydrogens is 412 g/mol. The fraction of sp³-hybridized carbons (Fsp3) is 0.200. The molecule has 160 valence electrons. The Morgan fingerprint density at radius 2 is 1.81 bits per heavy atom. The number of ether oxygens (including phenoxy) is 2. The summed E-state index contributed by atoms with van der Waals surface area (Å²) < 4.78 is 11.0. The molecule has 0 bridgehead atoms. The zero-order valence-electron chi connectivity index (χ0n) is 17.4. The number of para-hydroxylation sites is 1. The van der Waals surface area contributed by atoms with E-state index in [-0.39, 0.29) is 18.0 Å². The third kappa shape index (κ3) is 4.63. The minimum Gasteiger partial charge on any atom is -0.504 e. The maximum atomic E-state index is 10.9. The SMILES string of the molecule is CCOc1cccc(C2C=C(c3ccc(Cl)cc3)NC(c3cccc(OC)c3)N2)c1O. The van der Waals surface area contributed by atoms with Crippen molar-refractivity contribution in [2.75, 3.05) is 13.7 Å². The zero-order valence-corrected chi connectivity index (χ0v) is 18.2. The highest BCUT2D eigenvalue weighted by molar-refractivity contribution is 6.30. The van der Waals surface area contributed by atoms with Gasteiger partial charge in [0.05, 0.1) is 19.8 Å². The van der Waals surface area contributed by atoms with E-state index in [1.54, 1.807) is 13.2 Å². The van der Waals surface area contributed by atoms with E-state index < -0.39 is 0 Å². The van der Waals surface area contributed by atoms with Crippen LogP contribution in [0.25, 0.3) is 5.70 Å². The van der Waals surface area contributed by atoms with Gasteiger partial charge in [-0.15, -0.1) is 0 Å². The van der Waals surface area contributed by atoms with Gasteiger partial charge < -0.3 is 19.9 Å². The molecule has 1 aliphatic rings. The second kappa shape index (κ2) is 9.33. The molecule has 31 heavy (non-hydrogen) atoms. The average molecular weight is 437 g/mol. The Morgan fingerprint density at radius 1 is 1.03 bits per heavy atom. The molecule has 0 saturated heterocycles. The fourth-order valence-corrected chi connectivity index (χ4v) is 3.82. The molecule has 0 aliphatic carbocycles. The summed E-state index contributed by atoms with van der Waals surface area (Å²) in [5, 5.41) is 18.7. The lowest BCUT2D eigenvalue weighted by Gasteiger charge is -2.33. The van der Waals surface area contributed by atoms with E-state index >= 15 is 0 Å². The molecule has 1 aliphatic heterocycles. The zero-order chi connectivity index (χ0) is 21.8. The van der Waals surface area contributed by atoms with E-state index in [0.29, 0.717) is 17.4 Å². The van der Waals surface area contributed by atoms with Crippen molar-refractivity contribution < 1.29 is 14.6 Å². The predicted molar refractivity (Wildman–Crippen MR) is 123 cm³/mol. The van der Waals surface area contributed by atoms with Gasteiger partial charge in [-0.2, -0.15) is 0 Å². The molecule has 1 heterocycles. The van der Waals surface area contributed by atoms with Gasteiger partial charge >= 0.3 is 0 Å². The Balaban J connectivity index is 1.76. The minimum atomic E-state index is -0.247. The summed E-state index contributed by atoms with van der Waals surface area (Å²) in [6.45, 7) is 2.38. The standard InChI is InChI=1S/C25H25ClN2O3/c1-3-31-23-9-5-8-20(24(23)29)22-15-21(16-10-12-18(26)13-11-16)27-25(28-22)17-6-4-7-19(14-17)30-2/h4-15,22,25,27-29H,3H2,1-2H3. The van der Waals surface area contributed by atoms with E-state index in [0.717, 1.165) is 28.1 Å². The molecule has 0 spiro atoms. The molecule has 0 radical (unpaired) electrons. The van der Waals surface area contributed by atoms with Crippen molar-refractivity contribution >= 4 is 17.3 Å². The number of methoxy groups -OCH3 is 1. The lowest BCUT2D eigenvalue weighted by molar-refractivity contribution is 0.314. The van der Waals surface area contributed by atoms with Crippen LogP contribution in [-0.2, 0) is 0 Å². The normalized spacial score (nSPS) is 18.1. The first-order chi connectivity index (χ1) is 15.1. The third-order valence-electron chi connectivity index (χ3n) is 5.23. The van der Waals surface area contributed by atoms with Gasteiger partial charge in [-0.05, 0) is 54.5 Å². The van der Waals surface area contributed by atoms with Crippen LogP contribution >= 0.6 is 11.6 Å². The lowest BCUT2D eigenvalue weighted by atomic mass is 9.97. The first-order valence-corrected chi connectivity index (χ1v) is 10.6. The van der Waals surface area contributed by atoms with E-state index in [1.165, 1.54) is 0 Å². The highest BCUT2D eigenvalue weighted by atomic mass is 35.5. The number of nitrogens with one attached hydrogen (secondary N) is 2. The Bertz CT molecular complexity index is 1080. The Kier molecular flexibility index (Phi) is 6.35. The number of phenolic OH excluding ortho intramolecular Hbond substituents is 1. The number of halogens is 1. The molecular formula is C25H25ClN2O3. The molecule has 0 saturated carbocycles. The quantitative estimate of drug-likeness (QED) is 0.481. The second-order valence-electron chi connectivity index (χ2n) is 7.21. The van der Waals surface area contributed by atoms with Crippen molar-refractivity contribution in [2.24, 2.45) is 0 Å². The number of hydrogen-bond donors (Lipinski definition) is 3. The van der Waals surface area contributed by atoms with Crippen molar-refractivity contribution in [2.45, 2.75) is 19.1 Å². The molecule has 0 amide bonds. The molecule has 5 nitrogen and oxygen atoms in total. The Hall–Kier alpha value is -3.15. The maximum Gasteiger partial charge on any atom is 0.162 e. The van der Waals surface area contributed by atoms with Crippen molar-refractivity contribution in [3.63, 3.8) is 0 Å². The molecule has 0 aromatic heterocycles. The van der Waals surface area contributed by atoms with E-state index in [1.807, 2.05) is 67.6 Å². The summed E-state index contributed by atoms with van der Waals surface area (Å²) in [6, 6.07) is 20.9. The van der Waals surface area contributed by atoms with Crippen LogP contribution in [0.4, 0.5) is 0 Å². The predicted octanol–water partition coefficient (Wildman–Crippen LogP) is 5.43.